The van der Waals surface area contributed by atoms with Crippen LogP contribution < -0.4 is 5.32 Å². The summed E-state index contributed by atoms with van der Waals surface area (Å²) in [6.07, 6.45) is 1.72. The summed E-state index contributed by atoms with van der Waals surface area (Å²) in [5.74, 6) is -1.29. The molecule has 6 heteroatoms. The monoisotopic (exact) mass is 303 g/mol. The third-order valence-corrected chi connectivity index (χ3v) is 3.24. The van der Waals surface area contributed by atoms with Gasteiger partial charge in [-0.15, -0.1) is 0 Å². The number of rotatable bonds is 4. The van der Waals surface area contributed by atoms with E-state index >= 15 is 0 Å². The molecule has 3 aromatic rings. The van der Waals surface area contributed by atoms with Gasteiger partial charge in [-0.1, -0.05) is 6.07 Å². The molecule has 0 fully saturated rings. The molecular weight excluding hydrogens is 291 g/mol. The molecule has 1 N–H and O–H groups in total. The molecule has 22 heavy (non-hydrogen) atoms. The molecule has 0 aliphatic heterocycles. The van der Waals surface area contributed by atoms with Gasteiger partial charge in [0.15, 0.2) is 0 Å². The van der Waals surface area contributed by atoms with Crippen LogP contribution in [0, 0.1) is 17.5 Å². The van der Waals surface area contributed by atoms with Gasteiger partial charge in [0.25, 0.3) is 0 Å². The summed E-state index contributed by atoms with van der Waals surface area (Å²) >= 11 is 0. The number of fused-ring (bicyclic) bond motifs is 1. The highest BCUT2D eigenvalue weighted by Crippen LogP contribution is 2.22. The first kappa shape index (κ1) is 14.3. The van der Waals surface area contributed by atoms with E-state index in [2.05, 4.69) is 15.3 Å². The fourth-order valence-corrected chi connectivity index (χ4v) is 2.28. The standard InChI is InChI=1S/C16H12F3N3/c17-11-6-10(7-12(18)8-11)4-5-20-16-15-13(19)2-1-3-14(15)21-9-22-16/h1-3,6-9H,4-5H2,(H,20,21,22). The molecule has 1 aromatic heterocycles. The molecule has 1 heterocycles. The number of hydrogen-bond acceptors (Lipinski definition) is 3. The summed E-state index contributed by atoms with van der Waals surface area (Å²) in [4.78, 5) is 8.03. The summed E-state index contributed by atoms with van der Waals surface area (Å²) in [5.41, 5.74) is 1.01. The second-order valence-electron chi connectivity index (χ2n) is 4.81. The van der Waals surface area contributed by atoms with Crippen molar-refractivity contribution in [2.45, 2.75) is 6.42 Å². The van der Waals surface area contributed by atoms with E-state index in [1.807, 2.05) is 0 Å². The zero-order chi connectivity index (χ0) is 15.5. The molecule has 0 spiro atoms. The molecule has 3 nitrogen and oxygen atoms in total. The van der Waals surface area contributed by atoms with E-state index in [0.717, 1.165) is 6.07 Å². The Balaban J connectivity index is 1.77. The summed E-state index contributed by atoms with van der Waals surface area (Å²) < 4.78 is 40.1. The summed E-state index contributed by atoms with van der Waals surface area (Å²) in [6.45, 7) is 0.364. The second kappa shape index (κ2) is 6.01. The Labute approximate surface area is 124 Å². The van der Waals surface area contributed by atoms with Crippen LogP contribution in [0.1, 0.15) is 5.56 Å². The maximum atomic E-state index is 13.9. The summed E-state index contributed by atoms with van der Waals surface area (Å²) in [7, 11) is 0. The van der Waals surface area contributed by atoms with Crippen LogP contribution in [0.3, 0.4) is 0 Å². The van der Waals surface area contributed by atoms with Crippen LogP contribution in [0.4, 0.5) is 19.0 Å². The van der Waals surface area contributed by atoms with E-state index in [0.29, 0.717) is 35.2 Å². The molecule has 0 saturated heterocycles. The smallest absolute Gasteiger partial charge is 0.140 e. The maximum absolute atomic E-state index is 13.9. The van der Waals surface area contributed by atoms with Gasteiger partial charge in [0.1, 0.15) is 29.6 Å². The van der Waals surface area contributed by atoms with E-state index in [1.165, 1.54) is 24.5 Å². The quantitative estimate of drug-likeness (QED) is 0.798. The molecule has 0 aliphatic carbocycles. The topological polar surface area (TPSA) is 37.8 Å². The maximum Gasteiger partial charge on any atom is 0.140 e. The summed E-state index contributed by atoms with van der Waals surface area (Å²) in [6, 6.07) is 7.95. The van der Waals surface area contributed by atoms with Crippen LogP contribution in [-0.2, 0) is 6.42 Å². The Hall–Kier alpha value is -2.63. The zero-order valence-corrected chi connectivity index (χ0v) is 11.5. The van der Waals surface area contributed by atoms with Crippen molar-refractivity contribution < 1.29 is 13.2 Å². The van der Waals surface area contributed by atoms with Crippen molar-refractivity contribution in [2.24, 2.45) is 0 Å². The van der Waals surface area contributed by atoms with Gasteiger partial charge in [-0.05, 0) is 36.2 Å². The molecule has 0 atom stereocenters. The SMILES string of the molecule is Fc1cc(F)cc(CCNc2ncnc3cccc(F)c23)c1. The highest BCUT2D eigenvalue weighted by molar-refractivity contribution is 5.89. The van der Waals surface area contributed by atoms with Crippen molar-refractivity contribution in [1.82, 2.24) is 9.97 Å². The van der Waals surface area contributed by atoms with Gasteiger partial charge in [-0.25, -0.2) is 23.1 Å². The van der Waals surface area contributed by atoms with Crippen LogP contribution in [-0.4, -0.2) is 16.5 Å². The highest BCUT2D eigenvalue weighted by Gasteiger charge is 2.08. The minimum absolute atomic E-state index is 0.301. The number of halogens is 3. The fraction of sp³-hybridized carbons (Fsp3) is 0.125. The molecule has 0 saturated carbocycles. The fourth-order valence-electron chi connectivity index (χ4n) is 2.28. The van der Waals surface area contributed by atoms with Crippen LogP contribution >= 0.6 is 0 Å². The lowest BCUT2D eigenvalue weighted by Crippen LogP contribution is -2.08. The second-order valence-corrected chi connectivity index (χ2v) is 4.81. The lowest BCUT2D eigenvalue weighted by molar-refractivity contribution is 0.580. The number of nitrogens with zero attached hydrogens (tertiary/aromatic N) is 2. The predicted octanol–water partition coefficient (Wildman–Crippen LogP) is 3.70. The number of hydrogen-bond donors (Lipinski definition) is 1. The van der Waals surface area contributed by atoms with Crippen molar-refractivity contribution >= 4 is 16.7 Å². The first-order valence-corrected chi connectivity index (χ1v) is 6.71. The Bertz CT molecular complexity index is 795. The first-order valence-electron chi connectivity index (χ1n) is 6.71. The third-order valence-electron chi connectivity index (χ3n) is 3.24. The van der Waals surface area contributed by atoms with Crippen molar-refractivity contribution in [2.75, 3.05) is 11.9 Å². The van der Waals surface area contributed by atoms with Gasteiger partial charge in [0, 0.05) is 12.6 Å². The third kappa shape index (κ3) is 3.00. The number of aromatic nitrogens is 2. The Morgan fingerprint density at radius 1 is 0.955 bits per heavy atom. The number of benzene rings is 2. The van der Waals surface area contributed by atoms with Crippen LogP contribution in [0.2, 0.25) is 0 Å². The van der Waals surface area contributed by atoms with Crippen molar-refractivity contribution in [3.8, 4) is 0 Å². The summed E-state index contributed by atoms with van der Waals surface area (Å²) in [5, 5.41) is 3.28. The average molecular weight is 303 g/mol. The first-order chi connectivity index (χ1) is 10.6. The lowest BCUT2D eigenvalue weighted by Gasteiger charge is -2.09. The van der Waals surface area contributed by atoms with E-state index in [9.17, 15) is 13.2 Å². The average Bonchev–Trinajstić information content (AvgIpc) is 2.46. The van der Waals surface area contributed by atoms with Crippen molar-refractivity contribution in [3.63, 3.8) is 0 Å². The molecule has 0 bridgehead atoms. The molecule has 2 aromatic carbocycles. The zero-order valence-electron chi connectivity index (χ0n) is 11.5. The van der Waals surface area contributed by atoms with Gasteiger partial charge in [0.2, 0.25) is 0 Å². The molecular formula is C16H12F3N3. The number of anilines is 1. The predicted molar refractivity (Wildman–Crippen MR) is 78.0 cm³/mol. The van der Waals surface area contributed by atoms with E-state index in [4.69, 9.17) is 0 Å². The van der Waals surface area contributed by atoms with Gasteiger partial charge in [-0.3, -0.25) is 0 Å². The van der Waals surface area contributed by atoms with E-state index < -0.39 is 17.5 Å². The largest absolute Gasteiger partial charge is 0.369 e. The minimum Gasteiger partial charge on any atom is -0.369 e. The highest BCUT2D eigenvalue weighted by atomic mass is 19.1. The Morgan fingerprint density at radius 3 is 2.50 bits per heavy atom. The lowest BCUT2D eigenvalue weighted by atomic mass is 10.1. The minimum atomic E-state index is -0.617. The molecule has 0 amide bonds. The van der Waals surface area contributed by atoms with Crippen molar-refractivity contribution in [1.29, 1.82) is 0 Å². The van der Waals surface area contributed by atoms with Crippen LogP contribution in [0.15, 0.2) is 42.7 Å². The van der Waals surface area contributed by atoms with Gasteiger partial charge in [0.05, 0.1) is 10.9 Å². The van der Waals surface area contributed by atoms with Crippen LogP contribution in [0.5, 0.6) is 0 Å². The van der Waals surface area contributed by atoms with Crippen LogP contribution in [0.25, 0.3) is 10.9 Å². The Morgan fingerprint density at radius 2 is 1.73 bits per heavy atom. The van der Waals surface area contributed by atoms with Gasteiger partial charge in [-0.2, -0.15) is 0 Å². The molecule has 0 aliphatic rings. The molecule has 0 unspecified atom stereocenters. The van der Waals surface area contributed by atoms with E-state index in [1.54, 1.807) is 12.1 Å². The van der Waals surface area contributed by atoms with E-state index in [-0.39, 0.29) is 0 Å². The van der Waals surface area contributed by atoms with Gasteiger partial charge < -0.3 is 5.32 Å². The molecule has 0 radical (unpaired) electrons. The van der Waals surface area contributed by atoms with Gasteiger partial charge >= 0.3 is 0 Å². The van der Waals surface area contributed by atoms with Crippen molar-refractivity contribution in [3.05, 3.63) is 65.7 Å². The molecule has 112 valence electrons. The Kier molecular flexibility index (Phi) is 3.91. The molecule has 3 rings (SSSR count). The number of nitrogens with one attached hydrogen (secondary N) is 1. The normalized spacial score (nSPS) is 10.9.